The van der Waals surface area contributed by atoms with Crippen LogP contribution in [0.4, 0.5) is 19.0 Å². The molecule has 124 valence electrons. The fraction of sp³-hybridized carbons (Fsp3) is 0.533. The number of ether oxygens (including phenoxy) is 1. The lowest BCUT2D eigenvalue weighted by Gasteiger charge is -2.44. The molecule has 23 heavy (non-hydrogen) atoms. The molecule has 1 atom stereocenters. The van der Waals surface area contributed by atoms with E-state index in [0.717, 1.165) is 32.5 Å². The first-order valence-electron chi connectivity index (χ1n) is 7.62. The molecular formula is C15H16F3N3O2. The van der Waals surface area contributed by atoms with Gasteiger partial charge in [-0.15, -0.1) is 13.2 Å². The Morgan fingerprint density at radius 3 is 2.70 bits per heavy atom. The van der Waals surface area contributed by atoms with E-state index in [0.29, 0.717) is 23.2 Å². The highest BCUT2D eigenvalue weighted by molar-refractivity contribution is 5.89. The van der Waals surface area contributed by atoms with Crippen LogP contribution in [-0.2, 0) is 0 Å². The van der Waals surface area contributed by atoms with Crippen LogP contribution in [0.3, 0.4) is 0 Å². The topological polar surface area (TPSA) is 50.5 Å². The van der Waals surface area contributed by atoms with Gasteiger partial charge in [-0.2, -0.15) is 0 Å². The second-order valence-electron chi connectivity index (χ2n) is 6.13. The SMILES string of the molecule is FC(F)(F)Oc1ccc2c(N[C@@H]3CN4CCC3CC4)noc2c1. The van der Waals surface area contributed by atoms with Crippen molar-refractivity contribution in [2.45, 2.75) is 25.2 Å². The first-order valence-corrected chi connectivity index (χ1v) is 7.62. The molecule has 5 nitrogen and oxygen atoms in total. The van der Waals surface area contributed by atoms with Gasteiger partial charge in [0.05, 0.1) is 5.39 Å². The zero-order valence-corrected chi connectivity index (χ0v) is 12.3. The van der Waals surface area contributed by atoms with Gasteiger partial charge >= 0.3 is 6.36 Å². The van der Waals surface area contributed by atoms with Crippen LogP contribution in [0.15, 0.2) is 22.7 Å². The maximum Gasteiger partial charge on any atom is 0.573 e. The number of hydrogen-bond donors (Lipinski definition) is 1. The minimum Gasteiger partial charge on any atom is -0.406 e. The van der Waals surface area contributed by atoms with Crippen LogP contribution in [0.25, 0.3) is 11.0 Å². The number of piperidine rings is 3. The summed E-state index contributed by atoms with van der Waals surface area (Å²) in [4.78, 5) is 2.41. The number of aromatic nitrogens is 1. The number of nitrogens with one attached hydrogen (secondary N) is 1. The average Bonchev–Trinajstić information content (AvgIpc) is 2.89. The monoisotopic (exact) mass is 327 g/mol. The summed E-state index contributed by atoms with van der Waals surface area (Å²) in [6.45, 7) is 3.25. The molecule has 4 heterocycles. The smallest absolute Gasteiger partial charge is 0.406 e. The van der Waals surface area contributed by atoms with Gasteiger partial charge < -0.3 is 19.5 Å². The lowest BCUT2D eigenvalue weighted by Crippen LogP contribution is -2.53. The summed E-state index contributed by atoms with van der Waals surface area (Å²) in [6.07, 6.45) is -2.39. The number of anilines is 1. The molecule has 0 amide bonds. The third-order valence-electron chi connectivity index (χ3n) is 4.66. The number of halogens is 3. The molecule has 1 aromatic heterocycles. The minimum atomic E-state index is -4.72. The summed E-state index contributed by atoms with van der Waals surface area (Å²) < 4.78 is 45.8. The maximum atomic E-state index is 12.3. The van der Waals surface area contributed by atoms with Crippen molar-refractivity contribution in [1.29, 1.82) is 0 Å². The van der Waals surface area contributed by atoms with Crippen LogP contribution < -0.4 is 10.1 Å². The molecule has 2 aromatic rings. The van der Waals surface area contributed by atoms with Gasteiger partial charge in [-0.25, -0.2) is 0 Å². The average molecular weight is 327 g/mol. The van der Waals surface area contributed by atoms with Crippen LogP contribution in [-0.4, -0.2) is 42.1 Å². The molecule has 0 spiro atoms. The molecule has 1 N–H and O–H groups in total. The predicted octanol–water partition coefficient (Wildman–Crippen LogP) is 3.23. The normalized spacial score (nSPS) is 27.3. The van der Waals surface area contributed by atoms with E-state index >= 15 is 0 Å². The zero-order chi connectivity index (χ0) is 16.0. The van der Waals surface area contributed by atoms with E-state index in [9.17, 15) is 13.2 Å². The minimum absolute atomic E-state index is 0.274. The standard InChI is InChI=1S/C15H16F3N3O2/c16-15(17,18)22-10-1-2-11-13(7-10)23-20-14(11)19-12-8-21-5-3-9(12)4-6-21/h1-2,7,9,12H,3-6,8H2,(H,19,20)/t12-/m1/s1. The maximum absolute atomic E-state index is 12.3. The van der Waals surface area contributed by atoms with Gasteiger partial charge in [0.15, 0.2) is 11.4 Å². The van der Waals surface area contributed by atoms with Crippen molar-refractivity contribution in [2.24, 2.45) is 5.92 Å². The summed E-state index contributed by atoms with van der Waals surface area (Å²) >= 11 is 0. The zero-order valence-electron chi connectivity index (χ0n) is 12.3. The van der Waals surface area contributed by atoms with Crippen molar-refractivity contribution in [3.8, 4) is 5.75 Å². The van der Waals surface area contributed by atoms with Gasteiger partial charge in [-0.1, -0.05) is 5.16 Å². The molecule has 0 saturated carbocycles. The number of hydrogen-bond acceptors (Lipinski definition) is 5. The Morgan fingerprint density at radius 1 is 1.26 bits per heavy atom. The van der Waals surface area contributed by atoms with E-state index in [1.54, 1.807) is 0 Å². The van der Waals surface area contributed by atoms with Gasteiger partial charge in [0.25, 0.3) is 0 Å². The van der Waals surface area contributed by atoms with Crippen molar-refractivity contribution in [1.82, 2.24) is 10.1 Å². The van der Waals surface area contributed by atoms with Crippen LogP contribution in [0, 0.1) is 5.92 Å². The number of alkyl halides is 3. The summed E-state index contributed by atoms with van der Waals surface area (Å²) in [5.74, 6) is 0.882. The van der Waals surface area contributed by atoms with Gasteiger partial charge in [0.1, 0.15) is 5.75 Å². The van der Waals surface area contributed by atoms with Crippen molar-refractivity contribution >= 4 is 16.8 Å². The second kappa shape index (κ2) is 5.30. The van der Waals surface area contributed by atoms with Gasteiger partial charge in [0.2, 0.25) is 0 Å². The van der Waals surface area contributed by atoms with Gasteiger partial charge in [0, 0.05) is 18.7 Å². The molecule has 2 bridgehead atoms. The largest absolute Gasteiger partial charge is 0.573 e. The number of fused-ring (bicyclic) bond motifs is 4. The lowest BCUT2D eigenvalue weighted by atomic mass is 9.84. The summed E-state index contributed by atoms with van der Waals surface area (Å²) in [5, 5.41) is 8.03. The van der Waals surface area contributed by atoms with E-state index in [2.05, 4.69) is 20.1 Å². The second-order valence-corrected chi connectivity index (χ2v) is 6.13. The number of benzene rings is 1. The lowest BCUT2D eigenvalue weighted by molar-refractivity contribution is -0.274. The van der Waals surface area contributed by atoms with Crippen molar-refractivity contribution in [2.75, 3.05) is 25.0 Å². The molecule has 3 fully saturated rings. The van der Waals surface area contributed by atoms with Crippen molar-refractivity contribution < 1.29 is 22.4 Å². The quantitative estimate of drug-likeness (QED) is 0.938. The Kier molecular flexibility index (Phi) is 3.37. The molecular weight excluding hydrogens is 311 g/mol. The first-order chi connectivity index (χ1) is 11.0. The van der Waals surface area contributed by atoms with E-state index < -0.39 is 6.36 Å². The first kappa shape index (κ1) is 14.6. The Balaban J connectivity index is 1.54. The van der Waals surface area contributed by atoms with Crippen LogP contribution >= 0.6 is 0 Å². The van der Waals surface area contributed by atoms with E-state index in [-0.39, 0.29) is 11.3 Å². The van der Waals surface area contributed by atoms with Crippen molar-refractivity contribution in [3.63, 3.8) is 0 Å². The van der Waals surface area contributed by atoms with E-state index in [1.807, 2.05) is 0 Å². The van der Waals surface area contributed by atoms with Crippen LogP contribution in [0.2, 0.25) is 0 Å². The Hall–Kier alpha value is -1.96. The molecule has 3 aliphatic rings. The third kappa shape index (κ3) is 2.95. The Morgan fingerprint density at radius 2 is 2.04 bits per heavy atom. The fourth-order valence-corrected chi connectivity index (χ4v) is 3.52. The molecule has 3 saturated heterocycles. The molecule has 0 unspecified atom stereocenters. The van der Waals surface area contributed by atoms with Gasteiger partial charge in [-0.3, -0.25) is 0 Å². The Labute approximate surface area is 130 Å². The summed E-state index contributed by atoms with van der Waals surface area (Å²) in [7, 11) is 0. The molecule has 1 aromatic carbocycles. The molecule has 5 rings (SSSR count). The highest BCUT2D eigenvalue weighted by Gasteiger charge is 2.35. The predicted molar refractivity (Wildman–Crippen MR) is 77.3 cm³/mol. The molecule has 3 aliphatic heterocycles. The van der Waals surface area contributed by atoms with Crippen LogP contribution in [0.5, 0.6) is 5.75 Å². The number of nitrogens with zero attached hydrogens (tertiary/aromatic N) is 2. The highest BCUT2D eigenvalue weighted by atomic mass is 19.4. The fourth-order valence-electron chi connectivity index (χ4n) is 3.52. The van der Waals surface area contributed by atoms with Crippen LogP contribution in [0.1, 0.15) is 12.8 Å². The van der Waals surface area contributed by atoms with E-state index in [1.165, 1.54) is 18.2 Å². The third-order valence-corrected chi connectivity index (χ3v) is 4.66. The summed E-state index contributed by atoms with van der Waals surface area (Å²) in [5.41, 5.74) is 0.274. The van der Waals surface area contributed by atoms with Gasteiger partial charge in [-0.05, 0) is 44.0 Å². The van der Waals surface area contributed by atoms with E-state index in [4.69, 9.17) is 4.52 Å². The molecule has 0 aliphatic carbocycles. The molecule has 0 radical (unpaired) electrons. The summed E-state index contributed by atoms with van der Waals surface area (Å²) in [6, 6.07) is 4.32. The molecule has 8 heteroatoms. The highest BCUT2D eigenvalue weighted by Crippen LogP contribution is 2.33. The Bertz CT molecular complexity index is 708. The van der Waals surface area contributed by atoms with Crippen molar-refractivity contribution in [3.05, 3.63) is 18.2 Å². The number of rotatable bonds is 3.